The van der Waals surface area contributed by atoms with Crippen LogP contribution in [0.25, 0.3) is 0 Å². The van der Waals surface area contributed by atoms with E-state index >= 15 is 4.79 Å². The predicted octanol–water partition coefficient (Wildman–Crippen LogP) is 9.73. The number of carbonyl (C=O) groups excluding carboxylic acids is 3. The molecule has 0 aromatic heterocycles. The Labute approximate surface area is 382 Å². The van der Waals surface area contributed by atoms with Crippen molar-refractivity contribution in [3.8, 4) is 0 Å². The van der Waals surface area contributed by atoms with Crippen LogP contribution in [-0.2, 0) is 38.0 Å². The molecule has 5 unspecified atom stereocenters. The summed E-state index contributed by atoms with van der Waals surface area (Å²) in [6.07, 6.45) is 18.8. The molecular formula is C53H78O11. The Kier molecular flexibility index (Phi) is 14.6. The van der Waals surface area contributed by atoms with Crippen LogP contribution in [0.15, 0.2) is 42.5 Å². The number of hydrogen-bond donors (Lipinski definition) is 2. The van der Waals surface area contributed by atoms with Crippen LogP contribution in [0.3, 0.4) is 0 Å². The number of aliphatic hydroxyl groups is 2. The monoisotopic (exact) mass is 891 g/mol. The maximum atomic E-state index is 15.1. The number of benzene rings is 1. The van der Waals surface area contributed by atoms with Gasteiger partial charge in [-0.05, 0) is 55.7 Å². The smallest absolute Gasteiger partial charge is 0.338 e. The van der Waals surface area contributed by atoms with E-state index in [2.05, 4.69) is 20.4 Å². The van der Waals surface area contributed by atoms with E-state index in [0.717, 1.165) is 63.4 Å². The van der Waals surface area contributed by atoms with Crippen molar-refractivity contribution in [2.24, 2.45) is 35.5 Å². The Balaban J connectivity index is 1.07. The van der Waals surface area contributed by atoms with Gasteiger partial charge in [-0.1, -0.05) is 155 Å². The van der Waals surface area contributed by atoms with Crippen LogP contribution in [-0.4, -0.2) is 87.8 Å². The number of carbonyl (C=O) groups is 3. The predicted molar refractivity (Wildman–Crippen MR) is 241 cm³/mol. The first-order valence-corrected chi connectivity index (χ1v) is 25.6. The molecule has 2 spiro atoms. The highest BCUT2D eigenvalue weighted by Crippen LogP contribution is 2.75. The molecule has 64 heavy (non-hydrogen) atoms. The molecule has 14 atom stereocenters. The number of esters is 2. The van der Waals surface area contributed by atoms with Gasteiger partial charge in [0.1, 0.15) is 30.5 Å². The number of Topliss-reactive ketones (excluding diaryl/α,β-unsaturated/α-hetero) is 1. The van der Waals surface area contributed by atoms with Crippen molar-refractivity contribution in [3.05, 3.63) is 48.0 Å². The number of epoxide rings is 1. The highest BCUT2D eigenvalue weighted by molar-refractivity contribution is 5.94. The Bertz CT molecular complexity index is 1820. The molecule has 4 aliphatic heterocycles. The zero-order valence-electron chi connectivity index (χ0n) is 39.3. The summed E-state index contributed by atoms with van der Waals surface area (Å²) in [5.41, 5.74) is -5.39. The molecule has 4 heterocycles. The van der Waals surface area contributed by atoms with Gasteiger partial charge in [0, 0.05) is 36.5 Å². The van der Waals surface area contributed by atoms with Crippen LogP contribution in [0, 0.1) is 35.5 Å². The third-order valence-electron chi connectivity index (χ3n) is 17.1. The number of rotatable bonds is 20. The molecule has 11 nitrogen and oxygen atoms in total. The van der Waals surface area contributed by atoms with Gasteiger partial charge in [-0.25, -0.2) is 4.79 Å². The molecule has 7 aliphatic rings. The van der Waals surface area contributed by atoms with Crippen LogP contribution < -0.4 is 0 Å². The van der Waals surface area contributed by atoms with E-state index in [4.69, 9.17) is 28.4 Å². The van der Waals surface area contributed by atoms with Crippen LogP contribution >= 0.6 is 0 Å². The summed E-state index contributed by atoms with van der Waals surface area (Å²) < 4.78 is 40.8. The summed E-state index contributed by atoms with van der Waals surface area (Å²) in [4.78, 5) is 42.3. The molecule has 4 saturated heterocycles. The van der Waals surface area contributed by atoms with Crippen molar-refractivity contribution in [2.45, 2.75) is 216 Å². The van der Waals surface area contributed by atoms with Crippen molar-refractivity contribution in [2.75, 3.05) is 13.2 Å². The summed E-state index contributed by atoms with van der Waals surface area (Å²) in [7, 11) is 0. The second kappa shape index (κ2) is 19.5. The molecule has 356 valence electrons. The van der Waals surface area contributed by atoms with Gasteiger partial charge in [-0.2, -0.15) is 0 Å². The van der Waals surface area contributed by atoms with Crippen molar-refractivity contribution in [1.29, 1.82) is 0 Å². The molecule has 1 aromatic carbocycles. The molecule has 0 radical (unpaired) electrons. The van der Waals surface area contributed by atoms with Gasteiger partial charge in [0.15, 0.2) is 17.0 Å². The van der Waals surface area contributed by atoms with Crippen molar-refractivity contribution in [3.63, 3.8) is 0 Å². The second-order valence-corrected chi connectivity index (χ2v) is 21.2. The zero-order chi connectivity index (χ0) is 45.3. The van der Waals surface area contributed by atoms with Crippen LogP contribution in [0.5, 0.6) is 0 Å². The third-order valence-corrected chi connectivity index (χ3v) is 17.1. The second-order valence-electron chi connectivity index (χ2n) is 21.2. The Morgan fingerprint density at radius 3 is 2.14 bits per heavy atom. The first kappa shape index (κ1) is 47.8. The van der Waals surface area contributed by atoms with Crippen LogP contribution in [0.1, 0.15) is 179 Å². The van der Waals surface area contributed by atoms with Crippen molar-refractivity contribution >= 4 is 17.7 Å². The molecular weight excluding hydrogens is 813 g/mol. The number of hydrogen-bond acceptors (Lipinski definition) is 11. The van der Waals surface area contributed by atoms with Gasteiger partial charge in [-0.3, -0.25) is 9.59 Å². The van der Waals surface area contributed by atoms with E-state index in [1.165, 1.54) is 57.8 Å². The minimum absolute atomic E-state index is 0.0355. The topological polar surface area (TPSA) is 150 Å². The molecule has 11 heteroatoms. The number of fused-ring (bicyclic) bond motifs is 1. The number of aliphatic hydroxyl groups excluding tert-OH is 1. The van der Waals surface area contributed by atoms with Gasteiger partial charge in [-0.15, -0.1) is 0 Å². The van der Waals surface area contributed by atoms with Crippen LogP contribution in [0.4, 0.5) is 0 Å². The Hall–Kier alpha value is -2.67. The lowest BCUT2D eigenvalue weighted by Crippen LogP contribution is -2.74. The van der Waals surface area contributed by atoms with Gasteiger partial charge < -0.3 is 38.6 Å². The molecule has 2 N–H and O–H groups in total. The Morgan fingerprint density at radius 1 is 0.828 bits per heavy atom. The van der Waals surface area contributed by atoms with Crippen LogP contribution in [0.2, 0.25) is 0 Å². The van der Waals surface area contributed by atoms with Crippen molar-refractivity contribution < 1.29 is 53.0 Å². The summed E-state index contributed by atoms with van der Waals surface area (Å²) >= 11 is 0. The molecule has 0 amide bonds. The SMILES string of the molecule is C=C(C)[C@]12C[C@@H](COC(=O)c3ccccc3)[C@]34OC5(CCCCCCCC(C)C6C3[C@@](O)(C(=O)[C@H]6C)[C@H](O)[C@@]3(COC(=O)CCCCCCCCCCCCCCC)O[C@H]3C4[C@H]1O5)O2. The van der Waals surface area contributed by atoms with Gasteiger partial charge in [0.05, 0.1) is 17.8 Å². The molecule has 3 aliphatic carbocycles. The molecule has 8 rings (SSSR count). The molecule has 1 aromatic rings. The summed E-state index contributed by atoms with van der Waals surface area (Å²) in [6, 6.07) is 8.82. The summed E-state index contributed by atoms with van der Waals surface area (Å²) in [5.74, 6) is -6.32. The van der Waals surface area contributed by atoms with Gasteiger partial charge in [0.2, 0.25) is 0 Å². The minimum atomic E-state index is -2.35. The quantitative estimate of drug-likeness (QED) is 0.0558. The average molecular weight is 891 g/mol. The fraction of sp³-hybridized carbons (Fsp3) is 0.792. The first-order chi connectivity index (χ1) is 30.8. The third kappa shape index (κ3) is 8.37. The molecule has 7 fully saturated rings. The van der Waals surface area contributed by atoms with E-state index in [0.29, 0.717) is 18.4 Å². The van der Waals surface area contributed by atoms with E-state index in [-0.39, 0.29) is 32.0 Å². The standard InChI is InChI=1S/C53H78O11/c1-6-7-8-9-10-11-12-13-14-15-16-19-25-30-40(54)60-34-50-46(61-50)42-45-49(35(2)3)32-39(33-59-47(56)38-28-23-21-24-29-38)53(42)43-41(37(5)44(55)52(43,58)48(50)57)36(4)27-22-18-17-20-26-31-51(62-45,63-49)64-53/h21,23-24,28-29,36-37,39,41-43,45-46,48,57-58H,2,6-20,22,25-27,30-34H2,1,3-5H3/t36?,37-,39-,41?,42?,43?,45+,46-,48+,49+,50-,51?,52+,53+/m0/s1. The number of unbranched alkanes of at least 4 members (excludes halogenated alkanes) is 12. The van der Waals surface area contributed by atoms with Crippen molar-refractivity contribution in [1.82, 2.24) is 0 Å². The normalized spacial score (nSPS) is 40.7. The van der Waals surface area contributed by atoms with Gasteiger partial charge in [0.25, 0.3) is 5.97 Å². The van der Waals surface area contributed by atoms with E-state index in [1.54, 1.807) is 24.3 Å². The van der Waals surface area contributed by atoms with E-state index in [1.807, 2.05) is 19.9 Å². The minimum Gasteiger partial charge on any atom is -0.462 e. The maximum absolute atomic E-state index is 15.1. The highest BCUT2D eigenvalue weighted by atomic mass is 16.9. The lowest BCUT2D eigenvalue weighted by atomic mass is 9.51. The summed E-state index contributed by atoms with van der Waals surface area (Å²) in [5, 5.41) is 26.4. The molecule has 3 saturated carbocycles. The fourth-order valence-electron chi connectivity index (χ4n) is 13.8. The average Bonchev–Trinajstić information content (AvgIpc) is 3.92. The largest absolute Gasteiger partial charge is 0.462 e. The van der Waals surface area contributed by atoms with E-state index < -0.39 is 94.0 Å². The highest BCUT2D eigenvalue weighted by Gasteiger charge is 2.90. The van der Waals surface area contributed by atoms with E-state index in [9.17, 15) is 19.8 Å². The maximum Gasteiger partial charge on any atom is 0.338 e. The lowest BCUT2D eigenvalue weighted by molar-refractivity contribution is -0.438. The van der Waals surface area contributed by atoms with Gasteiger partial charge >= 0.3 is 11.9 Å². The lowest BCUT2D eigenvalue weighted by Gasteiger charge is -2.61. The molecule has 3 bridgehead atoms. The Morgan fingerprint density at radius 2 is 1.47 bits per heavy atom. The number of ketones is 1. The first-order valence-electron chi connectivity index (χ1n) is 25.6. The zero-order valence-corrected chi connectivity index (χ0v) is 39.3. The fourth-order valence-corrected chi connectivity index (χ4v) is 13.8. The summed E-state index contributed by atoms with van der Waals surface area (Å²) in [6.45, 7) is 12.2. The number of ether oxygens (including phenoxy) is 6.